The molecule has 0 bridgehead atoms. The van der Waals surface area contributed by atoms with E-state index in [-0.39, 0.29) is 35.9 Å². The van der Waals surface area contributed by atoms with Crippen LogP contribution in [-0.4, -0.2) is 55.3 Å². The Morgan fingerprint density at radius 2 is 1.97 bits per heavy atom. The lowest BCUT2D eigenvalue weighted by Gasteiger charge is -2.39. The SMILES string of the molecule is CC(C)C(=O)N1CCc2ccc(OCc3ccc(C(=O)NCCN(C)C)o3)cc2[C@H]1c1cccc(F)c1. The van der Waals surface area contributed by atoms with Crippen molar-refractivity contribution in [3.8, 4) is 5.75 Å². The van der Waals surface area contributed by atoms with Gasteiger partial charge in [-0.15, -0.1) is 0 Å². The molecule has 1 N–H and O–H groups in total. The van der Waals surface area contributed by atoms with E-state index in [1.54, 1.807) is 18.2 Å². The van der Waals surface area contributed by atoms with Gasteiger partial charge in [0, 0.05) is 25.6 Å². The lowest BCUT2D eigenvalue weighted by Crippen LogP contribution is -2.42. The van der Waals surface area contributed by atoms with Gasteiger partial charge in [-0.05, 0) is 73.6 Å². The molecule has 0 radical (unpaired) electrons. The van der Waals surface area contributed by atoms with Gasteiger partial charge in [-0.2, -0.15) is 0 Å². The average molecular weight is 508 g/mol. The van der Waals surface area contributed by atoms with Crippen LogP contribution < -0.4 is 10.1 Å². The van der Waals surface area contributed by atoms with Crippen LogP contribution in [0.2, 0.25) is 0 Å². The van der Waals surface area contributed by atoms with E-state index in [1.807, 2.05) is 62.0 Å². The smallest absolute Gasteiger partial charge is 0.287 e. The Labute approximate surface area is 217 Å². The summed E-state index contributed by atoms with van der Waals surface area (Å²) in [4.78, 5) is 29.2. The Kier molecular flexibility index (Phi) is 8.28. The van der Waals surface area contributed by atoms with Crippen LogP contribution in [0.1, 0.15) is 52.9 Å². The number of carbonyl (C=O) groups is 2. The molecule has 2 heterocycles. The van der Waals surface area contributed by atoms with E-state index in [2.05, 4.69) is 5.32 Å². The summed E-state index contributed by atoms with van der Waals surface area (Å²) in [6.45, 7) is 5.72. The number of benzene rings is 2. The number of fused-ring (bicyclic) bond motifs is 1. The molecule has 37 heavy (non-hydrogen) atoms. The number of nitrogens with zero attached hydrogens (tertiary/aromatic N) is 2. The second kappa shape index (κ2) is 11.6. The minimum Gasteiger partial charge on any atom is -0.486 e. The molecule has 7 nitrogen and oxygen atoms in total. The standard InChI is InChI=1S/C29H34FN3O4/c1-19(2)29(35)33-14-12-20-8-9-23(17-25(20)27(33)21-6-5-7-22(30)16-21)36-18-24-10-11-26(37-24)28(34)31-13-15-32(3)4/h5-11,16-17,19,27H,12-15,18H2,1-4H3,(H,31,34)/t27-/m1/s1. The van der Waals surface area contributed by atoms with Gasteiger partial charge in [0.05, 0.1) is 6.04 Å². The number of hydrogen-bond donors (Lipinski definition) is 1. The highest BCUT2D eigenvalue weighted by Gasteiger charge is 2.33. The number of carbonyl (C=O) groups excluding carboxylic acids is 2. The number of hydrogen-bond acceptors (Lipinski definition) is 5. The molecule has 1 aliphatic heterocycles. The number of nitrogens with one attached hydrogen (secondary N) is 1. The van der Waals surface area contributed by atoms with Crippen LogP contribution in [0.5, 0.6) is 5.75 Å². The van der Waals surface area contributed by atoms with Crippen molar-refractivity contribution in [2.75, 3.05) is 33.7 Å². The van der Waals surface area contributed by atoms with Crippen molar-refractivity contribution in [3.63, 3.8) is 0 Å². The monoisotopic (exact) mass is 507 g/mol. The Morgan fingerprint density at radius 3 is 2.70 bits per heavy atom. The molecular formula is C29H34FN3O4. The third-order valence-corrected chi connectivity index (χ3v) is 6.40. The van der Waals surface area contributed by atoms with Gasteiger partial charge in [0.2, 0.25) is 5.91 Å². The zero-order chi connectivity index (χ0) is 26.5. The van der Waals surface area contributed by atoms with Crippen LogP contribution in [0.15, 0.2) is 59.0 Å². The Morgan fingerprint density at radius 1 is 1.16 bits per heavy atom. The lowest BCUT2D eigenvalue weighted by molar-refractivity contribution is -0.136. The molecule has 1 atom stereocenters. The summed E-state index contributed by atoms with van der Waals surface area (Å²) < 4.78 is 25.8. The molecule has 0 spiro atoms. The molecule has 0 saturated heterocycles. The number of ether oxygens (including phenoxy) is 1. The van der Waals surface area contributed by atoms with Gasteiger partial charge in [0.15, 0.2) is 5.76 Å². The van der Waals surface area contributed by atoms with E-state index >= 15 is 0 Å². The van der Waals surface area contributed by atoms with Crippen molar-refractivity contribution in [2.45, 2.75) is 32.9 Å². The van der Waals surface area contributed by atoms with Gasteiger partial charge in [0.1, 0.15) is 23.9 Å². The van der Waals surface area contributed by atoms with E-state index in [0.29, 0.717) is 31.0 Å². The predicted octanol–water partition coefficient (Wildman–Crippen LogP) is 4.42. The summed E-state index contributed by atoms with van der Waals surface area (Å²) in [7, 11) is 3.88. The van der Waals surface area contributed by atoms with E-state index < -0.39 is 6.04 Å². The van der Waals surface area contributed by atoms with Crippen molar-refractivity contribution >= 4 is 11.8 Å². The normalized spacial score (nSPS) is 15.1. The first-order valence-corrected chi connectivity index (χ1v) is 12.6. The van der Waals surface area contributed by atoms with E-state index in [4.69, 9.17) is 9.15 Å². The molecule has 0 aliphatic carbocycles. The maximum Gasteiger partial charge on any atom is 0.287 e. The van der Waals surface area contributed by atoms with Crippen LogP contribution in [0.3, 0.4) is 0 Å². The second-order valence-corrected chi connectivity index (χ2v) is 9.87. The third-order valence-electron chi connectivity index (χ3n) is 6.40. The Bertz CT molecular complexity index is 1250. The molecule has 0 fully saturated rings. The quantitative estimate of drug-likeness (QED) is 0.464. The number of amides is 2. The minimum atomic E-state index is -0.404. The molecule has 1 aliphatic rings. The van der Waals surface area contributed by atoms with Crippen molar-refractivity contribution in [1.82, 2.24) is 15.1 Å². The zero-order valence-electron chi connectivity index (χ0n) is 21.8. The fourth-order valence-corrected chi connectivity index (χ4v) is 4.50. The van der Waals surface area contributed by atoms with Gasteiger partial charge in [-0.1, -0.05) is 32.0 Å². The third kappa shape index (κ3) is 6.38. The van der Waals surface area contributed by atoms with E-state index in [9.17, 15) is 14.0 Å². The number of likely N-dealkylation sites (N-methyl/N-ethyl adjacent to an activating group) is 1. The fraction of sp³-hybridized carbons (Fsp3) is 0.379. The van der Waals surface area contributed by atoms with Crippen molar-refractivity contribution in [2.24, 2.45) is 5.92 Å². The Hall–Kier alpha value is -3.65. The molecule has 1 aromatic heterocycles. The highest BCUT2D eigenvalue weighted by molar-refractivity contribution is 5.91. The summed E-state index contributed by atoms with van der Waals surface area (Å²) in [6, 6.07) is 15.2. The fourth-order valence-electron chi connectivity index (χ4n) is 4.50. The number of halogens is 1. The zero-order valence-corrected chi connectivity index (χ0v) is 21.8. The summed E-state index contributed by atoms with van der Waals surface area (Å²) in [5.41, 5.74) is 2.75. The second-order valence-electron chi connectivity index (χ2n) is 9.87. The molecule has 3 aromatic rings. The maximum atomic E-state index is 14.2. The van der Waals surface area contributed by atoms with Crippen LogP contribution in [0.4, 0.5) is 4.39 Å². The topological polar surface area (TPSA) is 75.0 Å². The first-order valence-electron chi connectivity index (χ1n) is 12.6. The molecule has 8 heteroatoms. The number of furan rings is 1. The first kappa shape index (κ1) is 26.4. The Balaban J connectivity index is 1.52. The molecule has 0 saturated carbocycles. The number of rotatable bonds is 9. The lowest BCUT2D eigenvalue weighted by atomic mass is 9.87. The molecule has 0 unspecified atom stereocenters. The predicted molar refractivity (Wildman–Crippen MR) is 139 cm³/mol. The summed E-state index contributed by atoms with van der Waals surface area (Å²) in [5.74, 6) is 0.601. The summed E-state index contributed by atoms with van der Waals surface area (Å²) in [6.07, 6.45) is 0.713. The molecule has 196 valence electrons. The summed E-state index contributed by atoms with van der Waals surface area (Å²) >= 11 is 0. The molecule has 4 rings (SSSR count). The van der Waals surface area contributed by atoms with Crippen molar-refractivity contribution in [3.05, 3.63) is 88.6 Å². The van der Waals surface area contributed by atoms with Gasteiger partial charge in [0.25, 0.3) is 5.91 Å². The van der Waals surface area contributed by atoms with E-state index in [0.717, 1.165) is 23.2 Å². The van der Waals surface area contributed by atoms with Crippen molar-refractivity contribution < 1.29 is 23.1 Å². The van der Waals surface area contributed by atoms with Gasteiger partial charge in [-0.3, -0.25) is 9.59 Å². The van der Waals surface area contributed by atoms with Gasteiger partial charge >= 0.3 is 0 Å². The van der Waals surface area contributed by atoms with Crippen LogP contribution >= 0.6 is 0 Å². The maximum absolute atomic E-state index is 14.2. The highest BCUT2D eigenvalue weighted by Crippen LogP contribution is 2.38. The van der Waals surface area contributed by atoms with Crippen molar-refractivity contribution in [1.29, 1.82) is 0 Å². The minimum absolute atomic E-state index is 0.0261. The van der Waals surface area contributed by atoms with Crippen LogP contribution in [-0.2, 0) is 17.8 Å². The van der Waals surface area contributed by atoms with Crippen LogP contribution in [0, 0.1) is 11.7 Å². The summed E-state index contributed by atoms with van der Waals surface area (Å²) in [5, 5.41) is 2.82. The van der Waals surface area contributed by atoms with E-state index in [1.165, 1.54) is 12.1 Å². The van der Waals surface area contributed by atoms with Gasteiger partial charge < -0.3 is 24.3 Å². The average Bonchev–Trinajstić information content (AvgIpc) is 3.35. The largest absolute Gasteiger partial charge is 0.486 e. The highest BCUT2D eigenvalue weighted by atomic mass is 19.1. The van der Waals surface area contributed by atoms with Crippen LogP contribution in [0.25, 0.3) is 0 Å². The molecule has 2 aromatic carbocycles. The van der Waals surface area contributed by atoms with Gasteiger partial charge in [-0.25, -0.2) is 4.39 Å². The molecule has 2 amide bonds. The molecular weight excluding hydrogens is 473 g/mol. The first-order chi connectivity index (χ1) is 17.7.